The maximum absolute atomic E-state index is 5.83. The summed E-state index contributed by atoms with van der Waals surface area (Å²) in [6.45, 7) is 2.14. The summed E-state index contributed by atoms with van der Waals surface area (Å²) in [5, 5.41) is 4.80. The average molecular weight is 169 g/mol. The van der Waals surface area contributed by atoms with Gasteiger partial charge >= 0.3 is 0 Å². The van der Waals surface area contributed by atoms with Gasteiger partial charge in [-0.3, -0.25) is 5.43 Å². The van der Waals surface area contributed by atoms with Crippen molar-refractivity contribution in [1.82, 2.24) is 5.43 Å². The van der Waals surface area contributed by atoms with Gasteiger partial charge in [0.25, 0.3) is 0 Å². The summed E-state index contributed by atoms with van der Waals surface area (Å²) in [6.07, 6.45) is 6.81. The smallest absolute Gasteiger partial charge is 0.0497 e. The molecular formula is C8H9ClN2. The molecule has 3 heteroatoms. The Balaban J connectivity index is 2.39. The SMILES string of the molecule is CC12C=NNC1=CC(Cl)=CC2. The third-order valence-electron chi connectivity index (χ3n) is 2.15. The third-order valence-corrected chi connectivity index (χ3v) is 2.42. The van der Waals surface area contributed by atoms with Crippen LogP contribution >= 0.6 is 11.6 Å². The van der Waals surface area contributed by atoms with Crippen molar-refractivity contribution >= 4 is 17.8 Å². The van der Waals surface area contributed by atoms with E-state index < -0.39 is 0 Å². The number of fused-ring (bicyclic) bond motifs is 1. The average Bonchev–Trinajstić information content (AvgIpc) is 2.31. The number of hydrazone groups is 1. The number of halogens is 1. The van der Waals surface area contributed by atoms with Gasteiger partial charge in [-0.25, -0.2) is 0 Å². The molecule has 0 fully saturated rings. The van der Waals surface area contributed by atoms with Crippen molar-refractivity contribution in [2.75, 3.05) is 0 Å². The Labute approximate surface area is 70.6 Å². The Morgan fingerprint density at radius 2 is 2.55 bits per heavy atom. The minimum atomic E-state index is 0.0678. The summed E-state index contributed by atoms with van der Waals surface area (Å²) in [5.41, 5.74) is 4.10. The lowest BCUT2D eigenvalue weighted by molar-refractivity contribution is 0.560. The van der Waals surface area contributed by atoms with E-state index in [4.69, 9.17) is 11.6 Å². The second-order valence-electron chi connectivity index (χ2n) is 3.14. The summed E-state index contributed by atoms with van der Waals surface area (Å²) >= 11 is 5.83. The minimum Gasteiger partial charge on any atom is -0.282 e. The van der Waals surface area contributed by atoms with E-state index >= 15 is 0 Å². The second kappa shape index (κ2) is 2.11. The number of allylic oxidation sites excluding steroid dienone is 4. The van der Waals surface area contributed by atoms with Gasteiger partial charge in [0.15, 0.2) is 0 Å². The van der Waals surface area contributed by atoms with Crippen molar-refractivity contribution in [3.05, 3.63) is 22.9 Å². The zero-order valence-electron chi connectivity index (χ0n) is 6.26. The molecule has 1 heterocycles. The van der Waals surface area contributed by atoms with Crippen LogP contribution in [-0.4, -0.2) is 6.21 Å². The predicted octanol–water partition coefficient (Wildman–Crippen LogP) is 1.99. The highest BCUT2D eigenvalue weighted by molar-refractivity contribution is 6.31. The van der Waals surface area contributed by atoms with Gasteiger partial charge in [-0.1, -0.05) is 17.7 Å². The number of rotatable bonds is 0. The molecule has 0 aromatic rings. The van der Waals surface area contributed by atoms with E-state index in [0.29, 0.717) is 0 Å². The van der Waals surface area contributed by atoms with Gasteiger partial charge in [0.1, 0.15) is 0 Å². The third kappa shape index (κ3) is 0.979. The number of hydrogen-bond acceptors (Lipinski definition) is 2. The van der Waals surface area contributed by atoms with Gasteiger partial charge < -0.3 is 0 Å². The van der Waals surface area contributed by atoms with Crippen LogP contribution in [0.15, 0.2) is 28.0 Å². The second-order valence-corrected chi connectivity index (χ2v) is 3.58. The monoisotopic (exact) mass is 168 g/mol. The van der Waals surface area contributed by atoms with Crippen LogP contribution in [0.1, 0.15) is 13.3 Å². The van der Waals surface area contributed by atoms with Crippen LogP contribution in [0.2, 0.25) is 0 Å². The normalized spacial score (nSPS) is 34.0. The highest BCUT2D eigenvalue weighted by atomic mass is 35.5. The van der Waals surface area contributed by atoms with Crippen LogP contribution in [0.5, 0.6) is 0 Å². The summed E-state index contributed by atoms with van der Waals surface area (Å²) in [6, 6.07) is 0. The molecule has 0 aromatic heterocycles. The standard InChI is InChI=1S/C8H9ClN2/c1-8-3-2-6(9)4-7(8)11-10-5-8/h2,4-5,11H,3H2,1H3. The molecule has 0 bridgehead atoms. The molecule has 0 radical (unpaired) electrons. The number of nitrogens with one attached hydrogen (secondary N) is 1. The van der Waals surface area contributed by atoms with E-state index in [-0.39, 0.29) is 5.41 Å². The largest absolute Gasteiger partial charge is 0.282 e. The first-order chi connectivity index (χ1) is 5.21. The van der Waals surface area contributed by atoms with Gasteiger partial charge in [0.2, 0.25) is 0 Å². The summed E-state index contributed by atoms with van der Waals surface area (Å²) < 4.78 is 0. The molecule has 0 amide bonds. The highest BCUT2D eigenvalue weighted by Gasteiger charge is 2.32. The fraction of sp³-hybridized carbons (Fsp3) is 0.375. The van der Waals surface area contributed by atoms with Crippen molar-refractivity contribution < 1.29 is 0 Å². The molecule has 2 aliphatic rings. The fourth-order valence-electron chi connectivity index (χ4n) is 1.31. The molecule has 0 saturated carbocycles. The number of nitrogens with zero attached hydrogens (tertiary/aromatic N) is 1. The lowest BCUT2D eigenvalue weighted by Gasteiger charge is -2.23. The molecule has 1 aliphatic heterocycles. The highest BCUT2D eigenvalue weighted by Crippen LogP contribution is 2.36. The zero-order valence-corrected chi connectivity index (χ0v) is 7.02. The van der Waals surface area contributed by atoms with Crippen molar-refractivity contribution in [3.63, 3.8) is 0 Å². The van der Waals surface area contributed by atoms with Gasteiger partial charge in [-0.15, -0.1) is 0 Å². The Bertz CT molecular complexity index is 278. The van der Waals surface area contributed by atoms with E-state index in [1.165, 1.54) is 0 Å². The van der Waals surface area contributed by atoms with Crippen LogP contribution in [0, 0.1) is 5.41 Å². The van der Waals surface area contributed by atoms with Crippen molar-refractivity contribution in [2.45, 2.75) is 13.3 Å². The van der Waals surface area contributed by atoms with Crippen molar-refractivity contribution in [1.29, 1.82) is 0 Å². The van der Waals surface area contributed by atoms with Gasteiger partial charge in [-0.2, -0.15) is 5.10 Å². The first-order valence-electron chi connectivity index (χ1n) is 3.59. The maximum Gasteiger partial charge on any atom is 0.0497 e. The van der Waals surface area contributed by atoms with Crippen LogP contribution in [0.25, 0.3) is 0 Å². The molecule has 0 aromatic carbocycles. The molecule has 11 heavy (non-hydrogen) atoms. The molecule has 1 aliphatic carbocycles. The van der Waals surface area contributed by atoms with Crippen LogP contribution in [-0.2, 0) is 0 Å². The van der Waals surface area contributed by atoms with Gasteiger partial charge in [0.05, 0.1) is 0 Å². The molecule has 0 saturated heterocycles. The molecule has 0 spiro atoms. The summed E-state index contributed by atoms with van der Waals surface area (Å²) in [5.74, 6) is 0. The molecular weight excluding hydrogens is 160 g/mol. The Morgan fingerprint density at radius 3 is 3.36 bits per heavy atom. The molecule has 2 nitrogen and oxygen atoms in total. The van der Waals surface area contributed by atoms with Crippen molar-refractivity contribution in [3.8, 4) is 0 Å². The Kier molecular flexibility index (Phi) is 1.33. The maximum atomic E-state index is 5.83. The van der Waals surface area contributed by atoms with E-state index in [0.717, 1.165) is 17.2 Å². The van der Waals surface area contributed by atoms with E-state index in [9.17, 15) is 0 Å². The zero-order chi connectivity index (χ0) is 7.90. The first kappa shape index (κ1) is 6.92. The summed E-state index contributed by atoms with van der Waals surface area (Å²) in [4.78, 5) is 0. The van der Waals surface area contributed by atoms with E-state index in [2.05, 4.69) is 17.5 Å². The van der Waals surface area contributed by atoms with Crippen LogP contribution in [0.4, 0.5) is 0 Å². The predicted molar refractivity (Wildman–Crippen MR) is 46.4 cm³/mol. The van der Waals surface area contributed by atoms with E-state index in [1.54, 1.807) is 0 Å². The van der Waals surface area contributed by atoms with Gasteiger partial charge in [-0.05, 0) is 19.4 Å². The lowest BCUT2D eigenvalue weighted by atomic mass is 9.83. The summed E-state index contributed by atoms with van der Waals surface area (Å²) in [7, 11) is 0. The van der Waals surface area contributed by atoms with Crippen molar-refractivity contribution in [2.24, 2.45) is 10.5 Å². The molecule has 58 valence electrons. The quantitative estimate of drug-likeness (QED) is 0.588. The lowest BCUT2D eigenvalue weighted by Crippen LogP contribution is -2.22. The Morgan fingerprint density at radius 1 is 1.73 bits per heavy atom. The number of hydrogen-bond donors (Lipinski definition) is 1. The van der Waals surface area contributed by atoms with Gasteiger partial charge in [0, 0.05) is 22.4 Å². The van der Waals surface area contributed by atoms with E-state index in [1.807, 2.05) is 18.4 Å². The molecule has 1 unspecified atom stereocenters. The van der Waals surface area contributed by atoms with Crippen LogP contribution < -0.4 is 5.43 Å². The Hall–Kier alpha value is -0.760. The topological polar surface area (TPSA) is 24.4 Å². The first-order valence-corrected chi connectivity index (χ1v) is 3.97. The molecule has 2 rings (SSSR count). The molecule has 1 atom stereocenters. The van der Waals surface area contributed by atoms with Crippen LogP contribution in [0.3, 0.4) is 0 Å². The molecule has 1 N–H and O–H groups in total. The fourth-order valence-corrected chi connectivity index (χ4v) is 1.49. The minimum absolute atomic E-state index is 0.0678.